The van der Waals surface area contributed by atoms with Gasteiger partial charge in [0, 0.05) is 12.3 Å². The average Bonchev–Trinajstić information content (AvgIpc) is 2.29. The van der Waals surface area contributed by atoms with Crippen LogP contribution in [0, 0.1) is 5.92 Å². The highest BCUT2D eigenvalue weighted by Gasteiger charge is 2.13. The molecule has 0 radical (unpaired) electrons. The second-order valence-corrected chi connectivity index (χ2v) is 6.87. The highest BCUT2D eigenvalue weighted by Crippen LogP contribution is 2.14. The van der Waals surface area contributed by atoms with Crippen molar-refractivity contribution in [3.8, 4) is 0 Å². The van der Waals surface area contributed by atoms with Crippen LogP contribution in [0.25, 0.3) is 0 Å². The first kappa shape index (κ1) is 14.9. The van der Waals surface area contributed by atoms with Crippen LogP contribution in [0.4, 0.5) is 0 Å². The summed E-state index contributed by atoms with van der Waals surface area (Å²) in [6.07, 6.45) is 0.974. The molecule has 0 aromatic heterocycles. The standard InChI is InChI=1S/C14H20O3S/c1-4-9-18(16,17)13-7-5-12(6-8-13)10-14(15)11(2)3/h5-8,11H,4,9-10H2,1-3H3. The van der Waals surface area contributed by atoms with E-state index >= 15 is 0 Å². The first-order valence-corrected chi connectivity index (χ1v) is 7.86. The molecule has 1 rings (SSSR count). The lowest BCUT2D eigenvalue weighted by atomic mass is 10.0. The molecule has 0 saturated carbocycles. The van der Waals surface area contributed by atoms with Crippen molar-refractivity contribution >= 4 is 15.6 Å². The van der Waals surface area contributed by atoms with Crippen LogP contribution in [0.2, 0.25) is 0 Å². The molecule has 0 heterocycles. The Morgan fingerprint density at radius 1 is 1.17 bits per heavy atom. The molecule has 0 atom stereocenters. The van der Waals surface area contributed by atoms with Crippen molar-refractivity contribution < 1.29 is 13.2 Å². The topological polar surface area (TPSA) is 51.2 Å². The highest BCUT2D eigenvalue weighted by atomic mass is 32.2. The van der Waals surface area contributed by atoms with Crippen molar-refractivity contribution in [2.24, 2.45) is 5.92 Å². The Balaban J connectivity index is 2.84. The molecule has 0 fully saturated rings. The van der Waals surface area contributed by atoms with Gasteiger partial charge in [0.25, 0.3) is 0 Å². The first-order valence-electron chi connectivity index (χ1n) is 6.21. The number of Topliss-reactive ketones (excluding diaryl/α,β-unsaturated/α-hetero) is 1. The van der Waals surface area contributed by atoms with E-state index in [4.69, 9.17) is 0 Å². The van der Waals surface area contributed by atoms with E-state index in [2.05, 4.69) is 0 Å². The normalized spacial score (nSPS) is 11.8. The van der Waals surface area contributed by atoms with E-state index in [1.54, 1.807) is 24.3 Å². The number of ketones is 1. The molecule has 0 aliphatic carbocycles. The van der Waals surface area contributed by atoms with Crippen molar-refractivity contribution in [1.29, 1.82) is 0 Å². The van der Waals surface area contributed by atoms with Gasteiger partial charge in [-0.2, -0.15) is 0 Å². The van der Waals surface area contributed by atoms with Crippen molar-refractivity contribution in [2.75, 3.05) is 5.75 Å². The third kappa shape index (κ3) is 3.95. The van der Waals surface area contributed by atoms with Crippen LogP contribution in [-0.2, 0) is 21.1 Å². The van der Waals surface area contributed by atoms with Gasteiger partial charge in [-0.15, -0.1) is 0 Å². The predicted molar refractivity (Wildman–Crippen MR) is 72.3 cm³/mol. The van der Waals surface area contributed by atoms with Gasteiger partial charge in [0.05, 0.1) is 10.6 Å². The maximum atomic E-state index is 11.8. The van der Waals surface area contributed by atoms with Crippen LogP contribution < -0.4 is 0 Å². The molecular weight excluding hydrogens is 248 g/mol. The Morgan fingerprint density at radius 3 is 2.17 bits per heavy atom. The fraction of sp³-hybridized carbons (Fsp3) is 0.500. The second-order valence-electron chi connectivity index (χ2n) is 4.76. The molecule has 0 aliphatic rings. The van der Waals surface area contributed by atoms with E-state index < -0.39 is 9.84 Å². The van der Waals surface area contributed by atoms with Gasteiger partial charge in [-0.25, -0.2) is 8.42 Å². The van der Waals surface area contributed by atoms with Crippen LogP contribution >= 0.6 is 0 Å². The molecule has 0 unspecified atom stereocenters. The first-order chi connectivity index (χ1) is 8.36. The molecular formula is C14H20O3S. The molecule has 4 heteroatoms. The van der Waals surface area contributed by atoms with Crippen molar-refractivity contribution in [1.82, 2.24) is 0 Å². The molecule has 18 heavy (non-hydrogen) atoms. The third-order valence-electron chi connectivity index (χ3n) is 2.78. The molecule has 3 nitrogen and oxygen atoms in total. The summed E-state index contributed by atoms with van der Waals surface area (Å²) in [5, 5.41) is 0. The lowest BCUT2D eigenvalue weighted by molar-refractivity contribution is -0.121. The quantitative estimate of drug-likeness (QED) is 0.797. The van der Waals surface area contributed by atoms with Crippen LogP contribution in [0.5, 0.6) is 0 Å². The summed E-state index contributed by atoms with van der Waals surface area (Å²) in [4.78, 5) is 11.9. The molecule has 1 aromatic carbocycles. The molecule has 0 N–H and O–H groups in total. The van der Waals surface area contributed by atoms with E-state index in [0.717, 1.165) is 5.56 Å². The summed E-state index contributed by atoms with van der Waals surface area (Å²) < 4.78 is 23.6. The number of sulfone groups is 1. The number of hydrogen-bond donors (Lipinski definition) is 0. The van der Waals surface area contributed by atoms with E-state index in [9.17, 15) is 13.2 Å². The Bertz CT molecular complexity index is 498. The Hall–Kier alpha value is -1.16. The molecule has 0 saturated heterocycles. The zero-order valence-electron chi connectivity index (χ0n) is 11.1. The molecule has 100 valence electrons. The summed E-state index contributed by atoms with van der Waals surface area (Å²) in [5.41, 5.74) is 0.865. The zero-order chi connectivity index (χ0) is 13.8. The number of carbonyl (C=O) groups is 1. The van der Waals surface area contributed by atoms with Crippen molar-refractivity contribution in [2.45, 2.75) is 38.5 Å². The van der Waals surface area contributed by atoms with E-state index in [-0.39, 0.29) is 17.5 Å². The van der Waals surface area contributed by atoms with Gasteiger partial charge < -0.3 is 0 Å². The zero-order valence-corrected chi connectivity index (χ0v) is 12.0. The molecule has 0 aliphatic heterocycles. The molecule has 0 amide bonds. The summed E-state index contributed by atoms with van der Waals surface area (Å²) in [5.74, 6) is 0.338. The van der Waals surface area contributed by atoms with Crippen LogP contribution in [-0.4, -0.2) is 20.0 Å². The number of rotatable bonds is 6. The molecule has 1 aromatic rings. The Labute approximate surface area is 109 Å². The lowest BCUT2D eigenvalue weighted by Gasteiger charge is -2.06. The van der Waals surface area contributed by atoms with Gasteiger partial charge in [-0.1, -0.05) is 32.9 Å². The summed E-state index contributed by atoms with van der Waals surface area (Å²) in [6, 6.07) is 6.63. The van der Waals surface area contributed by atoms with Gasteiger partial charge in [0.15, 0.2) is 9.84 Å². The maximum Gasteiger partial charge on any atom is 0.178 e. The molecule has 0 spiro atoms. The third-order valence-corrected chi connectivity index (χ3v) is 4.71. The summed E-state index contributed by atoms with van der Waals surface area (Å²) >= 11 is 0. The monoisotopic (exact) mass is 268 g/mol. The summed E-state index contributed by atoms with van der Waals surface area (Å²) in [6.45, 7) is 5.57. The van der Waals surface area contributed by atoms with E-state index in [1.807, 2.05) is 20.8 Å². The fourth-order valence-electron chi connectivity index (χ4n) is 1.61. The minimum atomic E-state index is -3.16. The second kappa shape index (κ2) is 6.14. The summed E-state index contributed by atoms with van der Waals surface area (Å²) in [7, 11) is -3.16. The van der Waals surface area contributed by atoms with E-state index in [1.165, 1.54) is 0 Å². The van der Waals surface area contributed by atoms with Gasteiger partial charge in [0.1, 0.15) is 5.78 Å². The number of carbonyl (C=O) groups excluding carboxylic acids is 1. The Morgan fingerprint density at radius 2 is 1.72 bits per heavy atom. The van der Waals surface area contributed by atoms with Gasteiger partial charge in [-0.3, -0.25) is 4.79 Å². The van der Waals surface area contributed by atoms with Crippen molar-refractivity contribution in [3.05, 3.63) is 29.8 Å². The van der Waals surface area contributed by atoms with E-state index in [0.29, 0.717) is 17.7 Å². The smallest absolute Gasteiger partial charge is 0.178 e. The largest absolute Gasteiger partial charge is 0.299 e. The Kier molecular flexibility index (Phi) is 5.08. The predicted octanol–water partition coefficient (Wildman–Crippen LogP) is 2.64. The number of benzene rings is 1. The average molecular weight is 268 g/mol. The minimum absolute atomic E-state index is 0.00787. The van der Waals surface area contributed by atoms with Crippen LogP contribution in [0.15, 0.2) is 29.2 Å². The fourth-order valence-corrected chi connectivity index (χ4v) is 2.93. The lowest BCUT2D eigenvalue weighted by Crippen LogP contribution is -2.10. The van der Waals surface area contributed by atoms with Crippen molar-refractivity contribution in [3.63, 3.8) is 0 Å². The molecule has 0 bridgehead atoms. The van der Waals surface area contributed by atoms with Crippen LogP contribution in [0.3, 0.4) is 0 Å². The van der Waals surface area contributed by atoms with Gasteiger partial charge in [0.2, 0.25) is 0 Å². The number of hydrogen-bond acceptors (Lipinski definition) is 3. The van der Waals surface area contributed by atoms with Gasteiger partial charge >= 0.3 is 0 Å². The maximum absolute atomic E-state index is 11.8. The van der Waals surface area contributed by atoms with Crippen LogP contribution in [0.1, 0.15) is 32.8 Å². The minimum Gasteiger partial charge on any atom is -0.299 e. The highest BCUT2D eigenvalue weighted by molar-refractivity contribution is 7.91. The SMILES string of the molecule is CCCS(=O)(=O)c1ccc(CC(=O)C(C)C)cc1. The van der Waals surface area contributed by atoms with Gasteiger partial charge in [-0.05, 0) is 24.1 Å².